The summed E-state index contributed by atoms with van der Waals surface area (Å²) < 4.78 is 7.49. The number of rotatable bonds is 13. The summed E-state index contributed by atoms with van der Waals surface area (Å²) >= 11 is 6.27. The zero-order valence-corrected chi connectivity index (χ0v) is 23.3. The maximum atomic E-state index is 13.2. The fraction of sp³-hybridized carbons (Fsp3) is 0.281. The lowest BCUT2D eigenvalue weighted by Gasteiger charge is -2.18. The number of hydrogen-bond acceptors (Lipinski definition) is 5. The molecule has 0 spiro atoms. The van der Waals surface area contributed by atoms with Crippen LogP contribution in [0.5, 0.6) is 0 Å². The SMILES string of the molecule is CCCCc1nc(Cl)c(CO)n1Cc1ccc(C(=O)N[C@H](Cc2ccccc2)C(=O)OCc2ccccc2)cc1. The Bertz CT molecular complexity index is 1390. The van der Waals surface area contributed by atoms with Gasteiger partial charge in [-0.15, -0.1) is 0 Å². The smallest absolute Gasteiger partial charge is 0.329 e. The van der Waals surface area contributed by atoms with Crippen LogP contribution in [-0.4, -0.2) is 32.6 Å². The minimum absolute atomic E-state index is 0.129. The molecule has 0 radical (unpaired) electrons. The van der Waals surface area contributed by atoms with Crippen molar-refractivity contribution in [2.24, 2.45) is 0 Å². The number of carbonyl (C=O) groups is 2. The maximum Gasteiger partial charge on any atom is 0.329 e. The number of halogens is 1. The van der Waals surface area contributed by atoms with E-state index in [9.17, 15) is 14.7 Å². The Hall–Kier alpha value is -3.94. The van der Waals surface area contributed by atoms with Gasteiger partial charge in [-0.2, -0.15) is 0 Å². The minimum Gasteiger partial charge on any atom is -0.459 e. The molecule has 1 aromatic heterocycles. The second-order valence-corrected chi connectivity index (χ2v) is 9.98. The van der Waals surface area contributed by atoms with Crippen molar-refractivity contribution < 1.29 is 19.4 Å². The summed E-state index contributed by atoms with van der Waals surface area (Å²) in [5, 5.41) is 13.0. The third-order valence-corrected chi connectivity index (χ3v) is 6.96. The van der Waals surface area contributed by atoms with Gasteiger partial charge in [0.05, 0.1) is 12.3 Å². The van der Waals surface area contributed by atoms with Gasteiger partial charge in [0.25, 0.3) is 5.91 Å². The molecule has 208 valence electrons. The van der Waals surface area contributed by atoms with Crippen molar-refractivity contribution in [3.8, 4) is 0 Å². The van der Waals surface area contributed by atoms with Crippen molar-refractivity contribution in [1.82, 2.24) is 14.9 Å². The Morgan fingerprint density at radius 1 is 0.950 bits per heavy atom. The van der Waals surface area contributed by atoms with Crippen molar-refractivity contribution in [3.05, 3.63) is 124 Å². The van der Waals surface area contributed by atoms with Crippen LogP contribution in [-0.2, 0) is 42.1 Å². The lowest BCUT2D eigenvalue weighted by Crippen LogP contribution is -2.43. The summed E-state index contributed by atoms with van der Waals surface area (Å²) in [6.07, 6.45) is 3.06. The zero-order valence-electron chi connectivity index (χ0n) is 22.6. The van der Waals surface area contributed by atoms with Crippen LogP contribution >= 0.6 is 11.6 Å². The number of aliphatic hydroxyl groups is 1. The molecule has 0 aliphatic heterocycles. The third kappa shape index (κ3) is 7.81. The predicted molar refractivity (Wildman–Crippen MR) is 155 cm³/mol. The normalized spacial score (nSPS) is 11.7. The first kappa shape index (κ1) is 29.1. The molecule has 0 fully saturated rings. The summed E-state index contributed by atoms with van der Waals surface area (Å²) in [6.45, 7) is 2.50. The number of aliphatic hydroxyl groups excluding tert-OH is 1. The van der Waals surface area contributed by atoms with Crippen molar-refractivity contribution in [2.45, 2.75) is 58.4 Å². The monoisotopic (exact) mass is 559 g/mol. The van der Waals surface area contributed by atoms with Crippen LogP contribution in [0.2, 0.25) is 5.15 Å². The van der Waals surface area contributed by atoms with Gasteiger partial charge >= 0.3 is 5.97 Å². The Kier molecular flexibility index (Phi) is 10.5. The molecule has 0 unspecified atom stereocenters. The van der Waals surface area contributed by atoms with Gasteiger partial charge in [-0.05, 0) is 35.2 Å². The molecule has 3 aromatic carbocycles. The van der Waals surface area contributed by atoms with E-state index in [1.807, 2.05) is 77.4 Å². The van der Waals surface area contributed by atoms with E-state index in [4.69, 9.17) is 16.3 Å². The first-order valence-electron chi connectivity index (χ1n) is 13.5. The fourth-order valence-corrected chi connectivity index (χ4v) is 4.69. The standard InChI is InChI=1S/C32H34ClN3O4/c1-2-3-14-29-35-30(33)28(21-37)36(29)20-24-15-17-26(18-16-24)31(38)34-27(19-23-10-6-4-7-11-23)32(39)40-22-25-12-8-5-9-13-25/h4-13,15-18,27,37H,2-3,14,19-22H2,1H3,(H,34,38)/t27-/m1/s1. The van der Waals surface area contributed by atoms with Crippen molar-refractivity contribution >= 4 is 23.5 Å². The highest BCUT2D eigenvalue weighted by Gasteiger charge is 2.24. The quantitative estimate of drug-likeness (QED) is 0.211. The Balaban J connectivity index is 1.46. The molecule has 1 amide bonds. The van der Waals surface area contributed by atoms with Crippen LogP contribution < -0.4 is 5.32 Å². The highest BCUT2D eigenvalue weighted by atomic mass is 35.5. The van der Waals surface area contributed by atoms with Crippen LogP contribution in [0, 0.1) is 0 Å². The van der Waals surface area contributed by atoms with Crippen LogP contribution in [0.25, 0.3) is 0 Å². The molecule has 4 aromatic rings. The predicted octanol–water partition coefficient (Wildman–Crippen LogP) is 5.50. The van der Waals surface area contributed by atoms with Crippen molar-refractivity contribution in [2.75, 3.05) is 0 Å². The molecule has 7 nitrogen and oxygen atoms in total. The van der Waals surface area contributed by atoms with E-state index in [2.05, 4.69) is 17.2 Å². The number of benzene rings is 3. The average Bonchev–Trinajstić information content (AvgIpc) is 3.29. The summed E-state index contributed by atoms with van der Waals surface area (Å²) in [6, 6.07) is 25.3. The van der Waals surface area contributed by atoms with Crippen LogP contribution in [0.1, 0.15) is 58.3 Å². The molecule has 0 aliphatic rings. The molecule has 40 heavy (non-hydrogen) atoms. The van der Waals surface area contributed by atoms with E-state index in [0.717, 1.165) is 41.8 Å². The Labute approximate surface area is 239 Å². The molecule has 8 heteroatoms. The summed E-state index contributed by atoms with van der Waals surface area (Å²) in [5.41, 5.74) is 3.72. The van der Waals surface area contributed by atoms with E-state index in [1.54, 1.807) is 12.1 Å². The van der Waals surface area contributed by atoms with Gasteiger partial charge in [-0.1, -0.05) is 97.7 Å². The third-order valence-electron chi connectivity index (χ3n) is 6.66. The molecule has 0 saturated heterocycles. The lowest BCUT2D eigenvalue weighted by atomic mass is 10.0. The molecular weight excluding hydrogens is 526 g/mol. The van der Waals surface area contributed by atoms with E-state index < -0.39 is 12.0 Å². The number of nitrogens with one attached hydrogen (secondary N) is 1. The number of nitrogens with zero attached hydrogens (tertiary/aromatic N) is 2. The van der Waals surface area contributed by atoms with Gasteiger partial charge in [-0.3, -0.25) is 4.79 Å². The highest BCUT2D eigenvalue weighted by molar-refractivity contribution is 6.30. The number of ether oxygens (including phenoxy) is 1. The molecule has 0 bridgehead atoms. The summed E-state index contributed by atoms with van der Waals surface area (Å²) in [7, 11) is 0. The number of carbonyl (C=O) groups excluding carboxylic acids is 2. The van der Waals surface area contributed by atoms with E-state index in [-0.39, 0.29) is 19.1 Å². The molecule has 2 N–H and O–H groups in total. The van der Waals surface area contributed by atoms with E-state index >= 15 is 0 Å². The molecule has 1 heterocycles. The zero-order chi connectivity index (χ0) is 28.3. The lowest BCUT2D eigenvalue weighted by molar-refractivity contribution is -0.147. The average molecular weight is 560 g/mol. The highest BCUT2D eigenvalue weighted by Crippen LogP contribution is 2.21. The van der Waals surface area contributed by atoms with Gasteiger partial charge in [0.15, 0.2) is 5.15 Å². The number of esters is 1. The van der Waals surface area contributed by atoms with Crippen LogP contribution in [0.4, 0.5) is 0 Å². The van der Waals surface area contributed by atoms with E-state index in [1.165, 1.54) is 0 Å². The van der Waals surface area contributed by atoms with Crippen molar-refractivity contribution in [1.29, 1.82) is 0 Å². The molecule has 4 rings (SSSR count). The molecule has 0 saturated carbocycles. The molecular formula is C32H34ClN3O4. The number of imidazole rings is 1. The number of amides is 1. The van der Waals surface area contributed by atoms with Gasteiger partial charge < -0.3 is 19.7 Å². The number of unbranched alkanes of at least 4 members (excludes halogenated alkanes) is 1. The largest absolute Gasteiger partial charge is 0.459 e. The van der Waals surface area contributed by atoms with E-state index in [0.29, 0.717) is 29.4 Å². The van der Waals surface area contributed by atoms with Gasteiger partial charge in [0.2, 0.25) is 0 Å². The fourth-order valence-electron chi connectivity index (χ4n) is 4.43. The van der Waals surface area contributed by atoms with Crippen molar-refractivity contribution in [3.63, 3.8) is 0 Å². The molecule has 1 atom stereocenters. The first-order valence-corrected chi connectivity index (χ1v) is 13.8. The Morgan fingerprint density at radius 2 is 1.60 bits per heavy atom. The molecule has 0 aliphatic carbocycles. The van der Waals surface area contributed by atoms with Crippen LogP contribution in [0.3, 0.4) is 0 Å². The second-order valence-electron chi connectivity index (χ2n) is 9.62. The number of aryl methyl sites for hydroxylation is 1. The topological polar surface area (TPSA) is 93.5 Å². The maximum absolute atomic E-state index is 13.2. The first-order chi connectivity index (χ1) is 19.5. The summed E-state index contributed by atoms with van der Waals surface area (Å²) in [5.74, 6) is -0.0317. The second kappa shape index (κ2) is 14.4. The van der Waals surface area contributed by atoms with Gasteiger partial charge in [-0.25, -0.2) is 9.78 Å². The number of hydrogen-bond donors (Lipinski definition) is 2. The summed E-state index contributed by atoms with van der Waals surface area (Å²) in [4.78, 5) is 30.7. The Morgan fingerprint density at radius 3 is 2.23 bits per heavy atom. The number of aromatic nitrogens is 2. The van der Waals surface area contributed by atoms with Gasteiger partial charge in [0, 0.05) is 24.9 Å². The van der Waals surface area contributed by atoms with Gasteiger partial charge in [0.1, 0.15) is 18.5 Å². The van der Waals surface area contributed by atoms with Crippen LogP contribution in [0.15, 0.2) is 84.9 Å². The minimum atomic E-state index is -0.848.